The van der Waals surface area contributed by atoms with Crippen molar-refractivity contribution in [2.45, 2.75) is 4.90 Å². The van der Waals surface area contributed by atoms with Crippen LogP contribution in [0.3, 0.4) is 0 Å². The molecule has 1 aliphatic heterocycles. The summed E-state index contributed by atoms with van der Waals surface area (Å²) in [6, 6.07) is 18.3. The van der Waals surface area contributed by atoms with E-state index < -0.39 is 24.3 Å². The van der Waals surface area contributed by atoms with Gasteiger partial charge in [-0.1, -0.05) is 30.3 Å². The van der Waals surface area contributed by atoms with Crippen molar-refractivity contribution >= 4 is 41.1 Å². The second-order valence-electron chi connectivity index (χ2n) is 7.15. The van der Waals surface area contributed by atoms with E-state index in [4.69, 9.17) is 0 Å². The number of thioether (sulfide) groups is 1. The fourth-order valence-corrected chi connectivity index (χ4v) is 4.29. The van der Waals surface area contributed by atoms with Crippen LogP contribution in [0.25, 0.3) is 16.8 Å². The number of carbonyl (C=O) groups excluding carboxylic acids is 3. The molecule has 32 heavy (non-hydrogen) atoms. The van der Waals surface area contributed by atoms with E-state index in [9.17, 15) is 14.4 Å². The van der Waals surface area contributed by atoms with Crippen molar-refractivity contribution in [3.8, 4) is 11.1 Å². The minimum Gasteiger partial charge on any atom is -0.292 e. The van der Waals surface area contributed by atoms with E-state index in [1.807, 2.05) is 42.8 Å². The predicted molar refractivity (Wildman–Crippen MR) is 121 cm³/mol. The molecule has 0 unspecified atom stereocenters. The number of rotatable bonds is 5. The molecule has 2 aromatic carbocycles. The molecule has 0 fully saturated rings. The number of fused-ring (bicyclic) bond motifs is 2. The lowest BCUT2D eigenvalue weighted by Gasteiger charge is -2.12. The molecular weight excluding hydrogens is 426 g/mol. The highest BCUT2D eigenvalue weighted by atomic mass is 32.2. The smallest absolute Gasteiger partial charge is 0.262 e. The van der Waals surface area contributed by atoms with Crippen molar-refractivity contribution in [2.75, 3.05) is 18.1 Å². The monoisotopic (exact) mass is 443 g/mol. The van der Waals surface area contributed by atoms with E-state index in [0.29, 0.717) is 16.8 Å². The molecule has 0 atom stereocenters. The summed E-state index contributed by atoms with van der Waals surface area (Å²) in [7, 11) is 0. The first kappa shape index (κ1) is 20.0. The molecule has 158 valence electrons. The normalized spacial score (nSPS) is 13.0. The summed E-state index contributed by atoms with van der Waals surface area (Å²) in [6.07, 6.45) is 3.87. The molecule has 9 heteroatoms. The van der Waals surface area contributed by atoms with Crippen LogP contribution in [0.1, 0.15) is 20.7 Å². The third kappa shape index (κ3) is 3.42. The lowest BCUT2D eigenvalue weighted by molar-refractivity contribution is -0.116. The van der Waals surface area contributed by atoms with Crippen molar-refractivity contribution < 1.29 is 14.4 Å². The highest BCUT2D eigenvalue weighted by Crippen LogP contribution is 2.30. The van der Waals surface area contributed by atoms with Gasteiger partial charge in [0.1, 0.15) is 6.54 Å². The minimum atomic E-state index is -0.552. The van der Waals surface area contributed by atoms with Crippen LogP contribution in [0.5, 0.6) is 0 Å². The first-order valence-electron chi connectivity index (χ1n) is 9.80. The topological polar surface area (TPSA) is 96.7 Å². The Hall–Kier alpha value is -3.98. The minimum absolute atomic E-state index is 0.0990. The maximum Gasteiger partial charge on any atom is 0.262 e. The Morgan fingerprint density at radius 2 is 1.59 bits per heavy atom. The van der Waals surface area contributed by atoms with Gasteiger partial charge in [0.05, 0.1) is 11.1 Å². The van der Waals surface area contributed by atoms with Gasteiger partial charge in [-0.05, 0) is 42.2 Å². The Morgan fingerprint density at radius 3 is 2.28 bits per heavy atom. The Bertz CT molecular complexity index is 1360. The molecule has 5 rings (SSSR count). The van der Waals surface area contributed by atoms with Gasteiger partial charge >= 0.3 is 0 Å². The number of amides is 3. The molecule has 3 heterocycles. The van der Waals surface area contributed by atoms with Crippen molar-refractivity contribution in [1.29, 1.82) is 0 Å². The standard InChI is InChI=1S/C23H17N5O3S/c1-32-18-9-5-4-6-15(18)14-10-11-19-24-23(26-28(19)12-14)25-20(29)13-27-21(30)16-7-2-3-8-17(16)22(27)31/h2-12H,13H2,1H3,(H,25,26,29). The van der Waals surface area contributed by atoms with E-state index in [2.05, 4.69) is 21.5 Å². The molecule has 0 aliphatic carbocycles. The third-order valence-electron chi connectivity index (χ3n) is 5.18. The van der Waals surface area contributed by atoms with Crippen LogP contribution in [0.2, 0.25) is 0 Å². The number of anilines is 1. The molecule has 8 nitrogen and oxygen atoms in total. The highest BCUT2D eigenvalue weighted by Gasteiger charge is 2.36. The average Bonchev–Trinajstić information content (AvgIpc) is 3.32. The van der Waals surface area contributed by atoms with Crippen LogP contribution in [0.15, 0.2) is 71.8 Å². The number of nitrogens with one attached hydrogen (secondary N) is 1. The van der Waals surface area contributed by atoms with Gasteiger partial charge in [0, 0.05) is 16.7 Å². The first-order chi connectivity index (χ1) is 15.5. The van der Waals surface area contributed by atoms with Crippen molar-refractivity contribution in [3.63, 3.8) is 0 Å². The number of aromatic nitrogens is 3. The summed E-state index contributed by atoms with van der Waals surface area (Å²) in [5.74, 6) is -1.42. The van der Waals surface area contributed by atoms with E-state index in [1.54, 1.807) is 40.5 Å². The molecule has 0 bridgehead atoms. The number of benzene rings is 2. The Labute approximate surface area is 187 Å². The number of carbonyl (C=O) groups is 3. The zero-order chi connectivity index (χ0) is 22.2. The molecule has 2 aromatic heterocycles. The lowest BCUT2D eigenvalue weighted by atomic mass is 10.1. The zero-order valence-corrected chi connectivity index (χ0v) is 17.8. The van der Waals surface area contributed by atoms with Crippen molar-refractivity contribution in [1.82, 2.24) is 19.5 Å². The molecule has 0 spiro atoms. The van der Waals surface area contributed by atoms with Gasteiger partial charge in [-0.2, -0.15) is 4.98 Å². The number of hydrogen-bond acceptors (Lipinski definition) is 6. The first-order valence-corrected chi connectivity index (χ1v) is 11.0. The second kappa shape index (κ2) is 7.93. The Kier molecular flexibility index (Phi) is 4.95. The van der Waals surface area contributed by atoms with Gasteiger partial charge in [-0.15, -0.1) is 16.9 Å². The number of pyridine rings is 1. The molecule has 1 N–H and O–H groups in total. The van der Waals surface area contributed by atoms with Crippen LogP contribution >= 0.6 is 11.8 Å². The molecule has 4 aromatic rings. The van der Waals surface area contributed by atoms with Crippen LogP contribution in [0.4, 0.5) is 5.95 Å². The van der Waals surface area contributed by atoms with Gasteiger partial charge in [0.15, 0.2) is 5.65 Å². The molecular formula is C23H17N5O3S. The summed E-state index contributed by atoms with van der Waals surface area (Å²) in [4.78, 5) is 43.8. The fraction of sp³-hybridized carbons (Fsp3) is 0.0870. The Balaban J connectivity index is 1.34. The van der Waals surface area contributed by atoms with Gasteiger partial charge in [-0.3, -0.25) is 24.6 Å². The van der Waals surface area contributed by atoms with Gasteiger partial charge < -0.3 is 0 Å². The summed E-state index contributed by atoms with van der Waals surface area (Å²) < 4.78 is 1.59. The maximum atomic E-state index is 12.5. The summed E-state index contributed by atoms with van der Waals surface area (Å²) in [5.41, 5.74) is 3.21. The summed E-state index contributed by atoms with van der Waals surface area (Å²) in [5, 5.41) is 6.90. The van der Waals surface area contributed by atoms with Crippen molar-refractivity contribution in [2.24, 2.45) is 0 Å². The van der Waals surface area contributed by atoms with Gasteiger partial charge in [0.2, 0.25) is 11.9 Å². The van der Waals surface area contributed by atoms with Crippen LogP contribution in [-0.2, 0) is 4.79 Å². The lowest BCUT2D eigenvalue weighted by Crippen LogP contribution is -2.37. The largest absolute Gasteiger partial charge is 0.292 e. The number of nitrogens with zero attached hydrogens (tertiary/aromatic N) is 4. The number of imide groups is 1. The van der Waals surface area contributed by atoms with Crippen LogP contribution in [-0.4, -0.2) is 50.0 Å². The van der Waals surface area contributed by atoms with Gasteiger partial charge in [0.25, 0.3) is 11.8 Å². The highest BCUT2D eigenvalue weighted by molar-refractivity contribution is 7.98. The van der Waals surface area contributed by atoms with E-state index in [1.165, 1.54) is 0 Å². The van der Waals surface area contributed by atoms with E-state index >= 15 is 0 Å². The molecule has 0 radical (unpaired) electrons. The number of hydrogen-bond donors (Lipinski definition) is 1. The second-order valence-corrected chi connectivity index (χ2v) is 7.99. The summed E-state index contributed by atoms with van der Waals surface area (Å²) in [6.45, 7) is -0.408. The third-order valence-corrected chi connectivity index (χ3v) is 5.98. The molecule has 3 amide bonds. The molecule has 0 saturated heterocycles. The quantitative estimate of drug-likeness (QED) is 0.375. The Morgan fingerprint density at radius 1 is 0.938 bits per heavy atom. The van der Waals surface area contributed by atoms with Crippen LogP contribution in [0, 0.1) is 0 Å². The predicted octanol–water partition coefficient (Wildman–Crippen LogP) is 3.35. The van der Waals surface area contributed by atoms with E-state index in [0.717, 1.165) is 20.9 Å². The van der Waals surface area contributed by atoms with E-state index in [-0.39, 0.29) is 5.95 Å². The summed E-state index contributed by atoms with van der Waals surface area (Å²) >= 11 is 1.66. The molecule has 1 aliphatic rings. The maximum absolute atomic E-state index is 12.5. The van der Waals surface area contributed by atoms with Gasteiger partial charge in [-0.25, -0.2) is 4.52 Å². The van der Waals surface area contributed by atoms with Crippen LogP contribution < -0.4 is 5.32 Å². The zero-order valence-electron chi connectivity index (χ0n) is 17.0. The van der Waals surface area contributed by atoms with Crippen molar-refractivity contribution in [3.05, 3.63) is 78.0 Å². The fourth-order valence-electron chi connectivity index (χ4n) is 3.67. The SMILES string of the molecule is CSc1ccccc1-c1ccc2nc(NC(=O)CN3C(=O)c4ccccc4C3=O)nn2c1. The average molecular weight is 443 g/mol. The molecule has 0 saturated carbocycles.